The number of benzene rings is 2. The molecule has 2 N–H and O–H groups in total. The second kappa shape index (κ2) is 11.7. The van der Waals surface area contributed by atoms with Gasteiger partial charge in [0.05, 0.1) is 13.7 Å². The van der Waals surface area contributed by atoms with E-state index in [1.54, 1.807) is 32.4 Å². The van der Waals surface area contributed by atoms with Gasteiger partial charge in [-0.1, -0.05) is 31.2 Å². The summed E-state index contributed by atoms with van der Waals surface area (Å²) in [6.45, 7) is 0.588. The van der Waals surface area contributed by atoms with Crippen molar-refractivity contribution in [1.82, 2.24) is 10.6 Å². The van der Waals surface area contributed by atoms with Crippen LogP contribution in [0.15, 0.2) is 47.5 Å². The van der Waals surface area contributed by atoms with Crippen molar-refractivity contribution >= 4 is 5.96 Å². The van der Waals surface area contributed by atoms with Crippen LogP contribution in [-0.4, -0.2) is 33.3 Å². The molecule has 0 saturated heterocycles. The van der Waals surface area contributed by atoms with E-state index in [0.29, 0.717) is 36.2 Å². The van der Waals surface area contributed by atoms with Gasteiger partial charge in [-0.15, -0.1) is 0 Å². The van der Waals surface area contributed by atoms with Gasteiger partial charge in [-0.3, -0.25) is 4.99 Å². The fraction of sp³-hybridized carbons (Fsp3) is 0.381. The van der Waals surface area contributed by atoms with Crippen molar-refractivity contribution in [3.8, 4) is 17.2 Å². The Labute approximate surface area is 169 Å². The van der Waals surface area contributed by atoms with Gasteiger partial charge in [0.15, 0.2) is 17.5 Å². The van der Waals surface area contributed by atoms with Crippen LogP contribution >= 0.6 is 0 Å². The number of aliphatic imine (C=N–C) groups is 1. The second-order valence-electron chi connectivity index (χ2n) is 6.10. The Balaban J connectivity index is 1.94. The van der Waals surface area contributed by atoms with Crippen LogP contribution in [0.3, 0.4) is 0 Å². The van der Waals surface area contributed by atoms with Gasteiger partial charge in [0.1, 0.15) is 5.75 Å². The summed E-state index contributed by atoms with van der Waals surface area (Å²) in [5.41, 5.74) is 1.59. The molecule has 0 aliphatic heterocycles. The molecule has 0 aliphatic rings. The van der Waals surface area contributed by atoms with Crippen molar-refractivity contribution in [3.63, 3.8) is 0 Å². The highest BCUT2D eigenvalue weighted by Gasteiger charge is 2.10. The normalized spacial score (nSPS) is 11.3. The molecule has 0 fully saturated rings. The quantitative estimate of drug-likeness (QED) is 0.461. The average molecular weight is 407 g/mol. The molecule has 0 aliphatic carbocycles. The van der Waals surface area contributed by atoms with Crippen LogP contribution in [0.5, 0.6) is 17.2 Å². The van der Waals surface area contributed by atoms with E-state index in [9.17, 15) is 8.78 Å². The summed E-state index contributed by atoms with van der Waals surface area (Å²) in [5.74, 6) is 2.04. The van der Waals surface area contributed by atoms with Gasteiger partial charge in [0, 0.05) is 25.7 Å². The number of para-hydroxylation sites is 1. The van der Waals surface area contributed by atoms with Gasteiger partial charge in [-0.25, -0.2) is 0 Å². The zero-order valence-electron chi connectivity index (χ0n) is 16.9. The standard InChI is InChI=1S/C21H27F2N3O3/c1-4-11-28-18-10-9-15(12-19(18)27-3)13-25-21(24-2)26-14-16-7-5-6-8-17(16)29-20(22)23/h5-10,12,20H,4,11,13-14H2,1-3H3,(H2,24,25,26). The largest absolute Gasteiger partial charge is 0.493 e. The van der Waals surface area contributed by atoms with E-state index in [0.717, 1.165) is 12.0 Å². The Kier molecular flexibility index (Phi) is 9.01. The molecule has 0 spiro atoms. The summed E-state index contributed by atoms with van der Waals surface area (Å²) in [6, 6.07) is 12.4. The van der Waals surface area contributed by atoms with Crippen LogP contribution in [0.25, 0.3) is 0 Å². The highest BCUT2D eigenvalue weighted by Crippen LogP contribution is 2.28. The van der Waals surface area contributed by atoms with Crippen LogP contribution in [0, 0.1) is 0 Å². The van der Waals surface area contributed by atoms with E-state index in [1.807, 2.05) is 25.1 Å². The Morgan fingerprint density at radius 2 is 1.79 bits per heavy atom. The molecule has 0 radical (unpaired) electrons. The van der Waals surface area contributed by atoms with E-state index in [2.05, 4.69) is 20.4 Å². The van der Waals surface area contributed by atoms with Crippen molar-refractivity contribution in [1.29, 1.82) is 0 Å². The van der Waals surface area contributed by atoms with Gasteiger partial charge in [-0.05, 0) is 30.2 Å². The maximum Gasteiger partial charge on any atom is 0.387 e. The summed E-state index contributed by atoms with van der Waals surface area (Å²) < 4.78 is 40.7. The van der Waals surface area contributed by atoms with Crippen LogP contribution in [0.1, 0.15) is 24.5 Å². The number of guanidine groups is 1. The minimum Gasteiger partial charge on any atom is -0.493 e. The number of methoxy groups -OCH3 is 1. The Morgan fingerprint density at radius 1 is 1.03 bits per heavy atom. The van der Waals surface area contributed by atoms with E-state index < -0.39 is 6.61 Å². The smallest absolute Gasteiger partial charge is 0.387 e. The van der Waals surface area contributed by atoms with Gasteiger partial charge < -0.3 is 24.8 Å². The number of rotatable bonds is 10. The van der Waals surface area contributed by atoms with Crippen molar-refractivity contribution < 1.29 is 23.0 Å². The lowest BCUT2D eigenvalue weighted by Crippen LogP contribution is -2.36. The number of hydrogen-bond acceptors (Lipinski definition) is 4. The van der Waals surface area contributed by atoms with Crippen molar-refractivity contribution in [2.45, 2.75) is 33.0 Å². The van der Waals surface area contributed by atoms with E-state index in [1.165, 1.54) is 6.07 Å². The number of alkyl halides is 2. The number of nitrogens with zero attached hydrogens (tertiary/aromatic N) is 1. The third-order valence-corrected chi connectivity index (χ3v) is 4.01. The molecule has 6 nitrogen and oxygen atoms in total. The highest BCUT2D eigenvalue weighted by molar-refractivity contribution is 5.79. The minimum absolute atomic E-state index is 0.137. The first-order valence-electron chi connectivity index (χ1n) is 9.34. The van der Waals surface area contributed by atoms with Crippen LogP contribution < -0.4 is 24.8 Å². The Hall–Kier alpha value is -3.03. The van der Waals surface area contributed by atoms with Crippen molar-refractivity contribution in [2.24, 2.45) is 4.99 Å². The molecular formula is C21H27F2N3O3. The molecule has 0 heterocycles. The zero-order valence-corrected chi connectivity index (χ0v) is 16.9. The van der Waals surface area contributed by atoms with Crippen LogP contribution in [-0.2, 0) is 13.1 Å². The van der Waals surface area contributed by atoms with E-state index in [4.69, 9.17) is 9.47 Å². The summed E-state index contributed by atoms with van der Waals surface area (Å²) in [6.07, 6.45) is 0.917. The molecule has 0 unspecified atom stereocenters. The first kappa shape index (κ1) is 22.3. The molecule has 0 saturated carbocycles. The summed E-state index contributed by atoms with van der Waals surface area (Å²) in [7, 11) is 3.24. The predicted molar refractivity (Wildman–Crippen MR) is 109 cm³/mol. The number of halogens is 2. The Morgan fingerprint density at radius 3 is 2.48 bits per heavy atom. The van der Waals surface area contributed by atoms with Gasteiger partial charge in [-0.2, -0.15) is 8.78 Å². The summed E-state index contributed by atoms with van der Waals surface area (Å²) >= 11 is 0. The third kappa shape index (κ3) is 7.14. The summed E-state index contributed by atoms with van der Waals surface area (Å²) in [4.78, 5) is 4.16. The van der Waals surface area contributed by atoms with Crippen molar-refractivity contribution in [2.75, 3.05) is 20.8 Å². The SMILES string of the molecule is CCCOc1ccc(CNC(=NC)NCc2ccccc2OC(F)F)cc1OC. The van der Waals surface area contributed by atoms with Crippen LogP contribution in [0.2, 0.25) is 0 Å². The molecule has 0 bridgehead atoms. The van der Waals surface area contributed by atoms with Crippen molar-refractivity contribution in [3.05, 3.63) is 53.6 Å². The molecule has 2 aromatic carbocycles. The summed E-state index contributed by atoms with van der Waals surface area (Å²) in [5, 5.41) is 6.28. The maximum atomic E-state index is 12.5. The van der Waals surface area contributed by atoms with Gasteiger partial charge in [0.25, 0.3) is 0 Å². The minimum atomic E-state index is -2.87. The lowest BCUT2D eigenvalue weighted by Gasteiger charge is -2.15. The maximum absolute atomic E-state index is 12.5. The molecule has 29 heavy (non-hydrogen) atoms. The molecule has 0 aromatic heterocycles. The molecular weight excluding hydrogens is 380 g/mol. The molecule has 8 heteroatoms. The van der Waals surface area contributed by atoms with Gasteiger partial charge in [0.2, 0.25) is 0 Å². The lowest BCUT2D eigenvalue weighted by molar-refractivity contribution is -0.0504. The fourth-order valence-electron chi connectivity index (χ4n) is 2.60. The van der Waals surface area contributed by atoms with Gasteiger partial charge >= 0.3 is 6.61 Å². The topological polar surface area (TPSA) is 64.1 Å². The zero-order chi connectivity index (χ0) is 21.1. The molecule has 2 rings (SSSR count). The number of nitrogens with one attached hydrogen (secondary N) is 2. The predicted octanol–water partition coefficient (Wildman–Crippen LogP) is 3.95. The number of ether oxygens (including phenoxy) is 3. The lowest BCUT2D eigenvalue weighted by atomic mass is 10.2. The van der Waals surface area contributed by atoms with Crippen LogP contribution in [0.4, 0.5) is 8.78 Å². The first-order chi connectivity index (χ1) is 14.1. The second-order valence-corrected chi connectivity index (χ2v) is 6.10. The molecule has 158 valence electrons. The molecule has 2 aromatic rings. The average Bonchev–Trinajstić information content (AvgIpc) is 2.73. The third-order valence-electron chi connectivity index (χ3n) is 4.01. The highest BCUT2D eigenvalue weighted by atomic mass is 19.3. The molecule has 0 amide bonds. The van der Waals surface area contributed by atoms with E-state index in [-0.39, 0.29) is 12.3 Å². The molecule has 0 atom stereocenters. The monoisotopic (exact) mass is 407 g/mol. The van der Waals surface area contributed by atoms with E-state index >= 15 is 0 Å². The first-order valence-corrected chi connectivity index (χ1v) is 9.34. The Bertz CT molecular complexity index is 800. The number of hydrogen-bond donors (Lipinski definition) is 2. The fourth-order valence-corrected chi connectivity index (χ4v) is 2.60.